The first-order chi connectivity index (χ1) is 10.4. The molecular weight excluding hydrogens is 371 g/mol. The van der Waals surface area contributed by atoms with Crippen LogP contribution >= 0.6 is 0 Å². The number of sulfonamides is 2. The summed E-state index contributed by atoms with van der Waals surface area (Å²) in [5.74, 6) is 0. The minimum atomic E-state index is -4.92. The molecule has 1 saturated heterocycles. The fourth-order valence-corrected chi connectivity index (χ4v) is 5.28. The van der Waals surface area contributed by atoms with E-state index in [-0.39, 0.29) is 24.4 Å². The zero-order chi connectivity index (χ0) is 17.5. The van der Waals surface area contributed by atoms with Gasteiger partial charge in [0.05, 0.1) is 15.0 Å². The smallest absolute Gasteiger partial charge is 0.228 e. The first-order valence-corrected chi connectivity index (χ1v) is 10.9. The summed E-state index contributed by atoms with van der Waals surface area (Å²) in [7, 11) is -12.8. The summed E-state index contributed by atoms with van der Waals surface area (Å²) >= 11 is 0. The van der Waals surface area contributed by atoms with E-state index in [2.05, 4.69) is 0 Å². The van der Waals surface area contributed by atoms with E-state index in [0.29, 0.717) is 6.42 Å². The summed E-state index contributed by atoms with van der Waals surface area (Å²) in [5, 5.41) is 4.08. The van der Waals surface area contributed by atoms with E-state index < -0.39 is 40.4 Å². The lowest BCUT2D eigenvalue weighted by Gasteiger charge is -2.30. The van der Waals surface area contributed by atoms with Gasteiger partial charge in [-0.25, -0.2) is 22.0 Å². The van der Waals surface area contributed by atoms with Gasteiger partial charge >= 0.3 is 10.2 Å². The molecule has 12 heteroatoms. The van der Waals surface area contributed by atoms with Crippen LogP contribution in [0.2, 0.25) is 0 Å². The van der Waals surface area contributed by atoms with Crippen molar-refractivity contribution < 1.29 is 29.1 Å². The van der Waals surface area contributed by atoms with Gasteiger partial charge in [-0.15, -0.1) is 3.89 Å². The van der Waals surface area contributed by atoms with Crippen LogP contribution < -0.4 is 5.14 Å². The number of primary sulfonamides is 1. The molecule has 1 aromatic rings. The molecule has 23 heavy (non-hydrogen) atoms. The Morgan fingerprint density at radius 1 is 1.00 bits per heavy atom. The normalized spacial score (nSPS) is 21.2. The lowest BCUT2D eigenvalue weighted by molar-refractivity contribution is 0.346. The van der Waals surface area contributed by atoms with Gasteiger partial charge in [-0.05, 0) is 37.1 Å². The highest BCUT2D eigenvalue weighted by molar-refractivity contribution is 7.90. The molecule has 130 valence electrons. The predicted octanol–water partition coefficient (Wildman–Crippen LogP) is -0.214. The van der Waals surface area contributed by atoms with Gasteiger partial charge in [0, 0.05) is 13.1 Å². The third kappa shape index (κ3) is 4.07. The lowest BCUT2D eigenvalue weighted by Crippen LogP contribution is -2.46. The van der Waals surface area contributed by atoms with Crippen LogP contribution in [0.1, 0.15) is 12.8 Å². The Hall–Kier alpha value is -1.08. The Morgan fingerprint density at radius 2 is 1.52 bits per heavy atom. The number of nitrogens with zero attached hydrogens (tertiary/aromatic N) is 1. The molecule has 1 unspecified atom stereocenters. The molecule has 0 bridgehead atoms. The van der Waals surface area contributed by atoms with Crippen molar-refractivity contribution in [3.63, 3.8) is 0 Å². The molecule has 8 nitrogen and oxygen atoms in total. The maximum atomic E-state index is 12.8. The summed E-state index contributed by atoms with van der Waals surface area (Å²) in [4.78, 5) is -0.905. The number of nitrogens with two attached hydrogens (primary N) is 1. The van der Waals surface area contributed by atoms with Crippen molar-refractivity contribution in [1.29, 1.82) is 0 Å². The molecule has 0 spiro atoms. The van der Waals surface area contributed by atoms with Gasteiger partial charge in [-0.1, -0.05) is 0 Å². The van der Waals surface area contributed by atoms with Gasteiger partial charge in [0.2, 0.25) is 20.0 Å². The molecule has 1 aliphatic rings. The second-order valence-corrected chi connectivity index (χ2v) is 10.3. The van der Waals surface area contributed by atoms with E-state index in [9.17, 15) is 29.1 Å². The van der Waals surface area contributed by atoms with E-state index in [1.54, 1.807) is 0 Å². The van der Waals surface area contributed by atoms with Crippen molar-refractivity contribution >= 4 is 30.3 Å². The molecular formula is C11H15FN2O6S3. The minimum absolute atomic E-state index is 0.123. The van der Waals surface area contributed by atoms with Crippen molar-refractivity contribution in [2.75, 3.05) is 13.1 Å². The van der Waals surface area contributed by atoms with Crippen molar-refractivity contribution in [2.45, 2.75) is 27.9 Å². The molecule has 1 atom stereocenters. The molecule has 0 radical (unpaired) electrons. The van der Waals surface area contributed by atoms with Gasteiger partial charge in [-0.3, -0.25) is 0 Å². The van der Waals surface area contributed by atoms with Gasteiger partial charge < -0.3 is 0 Å². The van der Waals surface area contributed by atoms with Crippen LogP contribution in [0.5, 0.6) is 0 Å². The molecule has 1 aliphatic heterocycles. The fraction of sp³-hybridized carbons (Fsp3) is 0.455. The first kappa shape index (κ1) is 18.3. The van der Waals surface area contributed by atoms with Crippen LogP contribution in [0, 0.1) is 0 Å². The van der Waals surface area contributed by atoms with E-state index in [0.717, 1.165) is 28.6 Å². The average molecular weight is 386 g/mol. The summed E-state index contributed by atoms with van der Waals surface area (Å²) in [6.07, 6.45) is 0.598. The van der Waals surface area contributed by atoms with Gasteiger partial charge in [0.25, 0.3) is 0 Å². The largest absolute Gasteiger partial charge is 0.332 e. The third-order valence-corrected chi connectivity index (χ3v) is 7.58. The Kier molecular flexibility index (Phi) is 4.84. The van der Waals surface area contributed by atoms with E-state index in [1.807, 2.05) is 0 Å². The molecule has 0 aromatic heterocycles. The van der Waals surface area contributed by atoms with Crippen LogP contribution in [0.4, 0.5) is 3.89 Å². The molecule has 2 N–H and O–H groups in total. The maximum absolute atomic E-state index is 12.8. The van der Waals surface area contributed by atoms with Crippen molar-refractivity contribution in [1.82, 2.24) is 4.31 Å². The highest BCUT2D eigenvalue weighted by atomic mass is 32.3. The lowest BCUT2D eigenvalue weighted by atomic mass is 10.2. The van der Waals surface area contributed by atoms with Gasteiger partial charge in [0.15, 0.2) is 0 Å². The second-order valence-electron chi connectivity index (χ2n) is 5.13. The number of piperidine rings is 1. The first-order valence-electron chi connectivity index (χ1n) is 6.49. The van der Waals surface area contributed by atoms with E-state index in [4.69, 9.17) is 5.14 Å². The zero-order valence-corrected chi connectivity index (χ0v) is 14.2. The van der Waals surface area contributed by atoms with Crippen molar-refractivity contribution in [3.8, 4) is 0 Å². The molecule has 0 aliphatic carbocycles. The minimum Gasteiger partial charge on any atom is -0.228 e. The summed E-state index contributed by atoms with van der Waals surface area (Å²) in [6, 6.07) is 3.59. The standard InChI is InChI=1S/C11H15FN2O6S3/c12-21(15,16)9-3-5-10(6-4-9)23(19,20)14-7-1-2-11(8-14)22(13,17)18/h3-6,11H,1-2,7-8H2,(H2,13,17,18). The topological polar surface area (TPSA) is 132 Å². The zero-order valence-electron chi connectivity index (χ0n) is 11.8. The monoisotopic (exact) mass is 386 g/mol. The van der Waals surface area contributed by atoms with Crippen LogP contribution in [-0.2, 0) is 30.3 Å². The second kappa shape index (κ2) is 6.09. The van der Waals surface area contributed by atoms with Gasteiger partial charge in [-0.2, -0.15) is 12.7 Å². The summed E-state index contributed by atoms with van der Waals surface area (Å²) in [6.45, 7) is -0.151. The average Bonchev–Trinajstić information content (AvgIpc) is 2.46. The number of rotatable bonds is 4. The third-order valence-electron chi connectivity index (χ3n) is 3.55. The van der Waals surface area contributed by atoms with Crippen LogP contribution in [-0.4, -0.2) is 47.9 Å². The maximum Gasteiger partial charge on any atom is 0.332 e. The fourth-order valence-electron chi connectivity index (χ4n) is 2.31. The SMILES string of the molecule is NS(=O)(=O)C1CCCN(S(=O)(=O)c2ccc(S(=O)(=O)F)cc2)C1. The molecule has 1 fully saturated rings. The van der Waals surface area contributed by atoms with E-state index >= 15 is 0 Å². The Morgan fingerprint density at radius 3 is 2.00 bits per heavy atom. The Labute approximate surface area is 134 Å². The molecule has 2 rings (SSSR count). The molecule has 0 amide bonds. The van der Waals surface area contributed by atoms with Crippen molar-refractivity contribution in [3.05, 3.63) is 24.3 Å². The van der Waals surface area contributed by atoms with E-state index in [1.165, 1.54) is 0 Å². The Bertz CT molecular complexity index is 894. The molecule has 1 aromatic carbocycles. The predicted molar refractivity (Wildman–Crippen MR) is 79.6 cm³/mol. The van der Waals surface area contributed by atoms with Crippen LogP contribution in [0.3, 0.4) is 0 Å². The number of hydrogen-bond donors (Lipinski definition) is 1. The number of benzene rings is 1. The number of hydrogen-bond acceptors (Lipinski definition) is 6. The quantitative estimate of drug-likeness (QED) is 0.712. The van der Waals surface area contributed by atoms with Gasteiger partial charge in [0.1, 0.15) is 0 Å². The van der Waals surface area contributed by atoms with Crippen molar-refractivity contribution in [2.24, 2.45) is 5.14 Å². The number of halogens is 1. The van der Waals surface area contributed by atoms with Crippen LogP contribution in [0.25, 0.3) is 0 Å². The molecule has 0 saturated carbocycles. The highest BCUT2D eigenvalue weighted by Crippen LogP contribution is 2.24. The van der Waals surface area contributed by atoms with Crippen LogP contribution in [0.15, 0.2) is 34.1 Å². The Balaban J connectivity index is 2.31. The highest BCUT2D eigenvalue weighted by Gasteiger charge is 2.34. The molecule has 1 heterocycles. The summed E-state index contributed by atoms with van der Waals surface area (Å²) < 4.78 is 83.0. The summed E-state index contributed by atoms with van der Waals surface area (Å²) in [5.41, 5.74) is 0.